The van der Waals surface area contributed by atoms with Crippen LogP contribution in [0.25, 0.3) is 0 Å². The minimum atomic E-state index is -0.960. The Bertz CT molecular complexity index is 435. The van der Waals surface area contributed by atoms with Crippen molar-refractivity contribution in [1.29, 1.82) is 0 Å². The summed E-state index contributed by atoms with van der Waals surface area (Å²) in [5.74, 6) is -1.44. The molecule has 0 saturated carbocycles. The Morgan fingerprint density at radius 1 is 1.53 bits per heavy atom. The summed E-state index contributed by atoms with van der Waals surface area (Å²) in [6.07, 6.45) is 8.43. The van der Waals surface area contributed by atoms with Crippen LogP contribution in [0.3, 0.4) is 0 Å². The van der Waals surface area contributed by atoms with Crippen LogP contribution in [0.4, 0.5) is 0 Å². The molecule has 104 valence electrons. The van der Waals surface area contributed by atoms with E-state index in [2.05, 4.69) is 5.32 Å². The van der Waals surface area contributed by atoms with Crippen molar-refractivity contribution in [1.82, 2.24) is 5.32 Å². The van der Waals surface area contributed by atoms with Gasteiger partial charge in [0.1, 0.15) is 6.04 Å². The summed E-state index contributed by atoms with van der Waals surface area (Å²) in [5, 5.41) is 12.1. The molecule has 5 nitrogen and oxygen atoms in total. The number of hydrogen-bond donors (Lipinski definition) is 2. The van der Waals surface area contributed by atoms with Gasteiger partial charge in [0.2, 0.25) is 0 Å². The third-order valence-corrected chi connectivity index (χ3v) is 2.65. The van der Waals surface area contributed by atoms with Crippen LogP contribution >= 0.6 is 0 Å². The molecule has 0 radical (unpaired) electrons. The van der Waals surface area contributed by atoms with E-state index in [4.69, 9.17) is 4.74 Å². The molecule has 0 unspecified atom stereocenters. The molecule has 0 aliphatic heterocycles. The van der Waals surface area contributed by atoms with E-state index in [1.54, 1.807) is 13.8 Å². The number of carboxylic acids is 1. The maximum Gasteiger partial charge on any atom is 0.332 e. The van der Waals surface area contributed by atoms with E-state index in [1.165, 1.54) is 6.08 Å². The fourth-order valence-corrected chi connectivity index (χ4v) is 1.80. The molecule has 0 saturated heterocycles. The number of esters is 1. The predicted molar refractivity (Wildman–Crippen MR) is 71.4 cm³/mol. The summed E-state index contributed by atoms with van der Waals surface area (Å²) >= 11 is 0. The Kier molecular flexibility index (Phi) is 5.85. The van der Waals surface area contributed by atoms with Crippen molar-refractivity contribution >= 4 is 11.9 Å². The van der Waals surface area contributed by atoms with Gasteiger partial charge in [-0.1, -0.05) is 18.2 Å². The molecule has 0 aromatic carbocycles. The van der Waals surface area contributed by atoms with Crippen LogP contribution in [-0.2, 0) is 14.3 Å². The van der Waals surface area contributed by atoms with Gasteiger partial charge in [0.15, 0.2) is 0 Å². The lowest BCUT2D eigenvalue weighted by atomic mass is 9.98. The molecule has 0 aromatic heterocycles. The average Bonchev–Trinajstić information content (AvgIpc) is 2.37. The van der Waals surface area contributed by atoms with Gasteiger partial charge < -0.3 is 15.2 Å². The number of hydrogen-bond acceptors (Lipinski definition) is 4. The van der Waals surface area contributed by atoms with Crippen LogP contribution < -0.4 is 5.32 Å². The van der Waals surface area contributed by atoms with Crippen molar-refractivity contribution in [2.75, 3.05) is 6.61 Å². The smallest absolute Gasteiger partial charge is 0.332 e. The van der Waals surface area contributed by atoms with Crippen LogP contribution in [0, 0.1) is 0 Å². The average molecular weight is 265 g/mol. The zero-order valence-electron chi connectivity index (χ0n) is 11.2. The molecule has 1 atom stereocenters. The summed E-state index contributed by atoms with van der Waals surface area (Å²) in [4.78, 5) is 22.5. The summed E-state index contributed by atoms with van der Waals surface area (Å²) in [6, 6.07) is -0.810. The van der Waals surface area contributed by atoms with Gasteiger partial charge in [0, 0.05) is 11.8 Å². The van der Waals surface area contributed by atoms with Crippen molar-refractivity contribution in [3.05, 3.63) is 35.6 Å². The Balaban J connectivity index is 2.71. The van der Waals surface area contributed by atoms with Crippen LogP contribution in [0.1, 0.15) is 26.7 Å². The molecule has 0 aromatic rings. The highest BCUT2D eigenvalue weighted by Crippen LogP contribution is 2.16. The van der Waals surface area contributed by atoms with Gasteiger partial charge in [0.25, 0.3) is 0 Å². The quantitative estimate of drug-likeness (QED) is 0.435. The van der Waals surface area contributed by atoms with Gasteiger partial charge in [-0.2, -0.15) is 0 Å². The number of carboxylic acid groups (broad SMARTS) is 1. The second kappa shape index (κ2) is 7.41. The van der Waals surface area contributed by atoms with Crippen LogP contribution in [0.15, 0.2) is 35.6 Å². The number of nitrogens with one attached hydrogen (secondary N) is 1. The number of carbonyl (C=O) groups is 2. The third kappa shape index (κ3) is 4.99. The lowest BCUT2D eigenvalue weighted by molar-refractivity contribution is -0.139. The molecule has 0 spiro atoms. The van der Waals surface area contributed by atoms with Crippen molar-refractivity contribution < 1.29 is 19.4 Å². The molecule has 19 heavy (non-hydrogen) atoms. The monoisotopic (exact) mass is 265 g/mol. The number of carbonyl (C=O) groups excluding carboxylic acids is 1. The fourth-order valence-electron chi connectivity index (χ4n) is 1.80. The van der Waals surface area contributed by atoms with E-state index in [9.17, 15) is 14.7 Å². The van der Waals surface area contributed by atoms with E-state index in [0.29, 0.717) is 18.7 Å². The predicted octanol–water partition coefficient (Wildman–Crippen LogP) is 1.77. The molecule has 0 heterocycles. The Labute approximate surface area is 112 Å². The van der Waals surface area contributed by atoms with Gasteiger partial charge >= 0.3 is 11.9 Å². The first kappa shape index (κ1) is 15.0. The zero-order valence-corrected chi connectivity index (χ0v) is 11.2. The molecular weight excluding hydrogens is 246 g/mol. The molecular formula is C14H19NO4. The molecule has 0 fully saturated rings. The van der Waals surface area contributed by atoms with Crippen molar-refractivity contribution in [2.24, 2.45) is 0 Å². The normalized spacial score (nSPS) is 16.5. The second-order valence-electron chi connectivity index (χ2n) is 4.19. The third-order valence-electron chi connectivity index (χ3n) is 2.65. The second-order valence-corrected chi connectivity index (χ2v) is 4.19. The lowest BCUT2D eigenvalue weighted by Gasteiger charge is -2.20. The topological polar surface area (TPSA) is 75.6 Å². The number of rotatable bonds is 6. The molecule has 0 bridgehead atoms. The van der Waals surface area contributed by atoms with Crippen molar-refractivity contribution in [2.45, 2.75) is 32.7 Å². The maximum atomic E-state index is 11.3. The van der Waals surface area contributed by atoms with Gasteiger partial charge in [-0.15, -0.1) is 0 Å². The highest BCUT2D eigenvalue weighted by Gasteiger charge is 2.22. The van der Waals surface area contributed by atoms with E-state index in [1.807, 2.05) is 18.2 Å². The molecule has 1 aliphatic rings. The SMILES string of the molecule is CCOC(=O)/C=C(/C)N[C@H](C(=O)O)C1=CCC=CC1. The summed E-state index contributed by atoms with van der Waals surface area (Å²) in [6.45, 7) is 3.65. The Morgan fingerprint density at radius 2 is 2.26 bits per heavy atom. The summed E-state index contributed by atoms with van der Waals surface area (Å²) in [5.41, 5.74) is 1.27. The number of aliphatic carboxylic acids is 1. The summed E-state index contributed by atoms with van der Waals surface area (Å²) < 4.78 is 4.77. The van der Waals surface area contributed by atoms with Gasteiger partial charge in [-0.3, -0.25) is 0 Å². The van der Waals surface area contributed by atoms with Crippen molar-refractivity contribution in [3.63, 3.8) is 0 Å². The first-order chi connectivity index (χ1) is 9.04. The van der Waals surface area contributed by atoms with Gasteiger partial charge in [0.05, 0.1) is 6.61 Å². The minimum Gasteiger partial charge on any atom is -0.479 e. The number of allylic oxidation sites excluding steroid dienone is 4. The first-order valence-electron chi connectivity index (χ1n) is 6.23. The molecule has 1 rings (SSSR count). The zero-order chi connectivity index (χ0) is 14.3. The van der Waals surface area contributed by atoms with Crippen LogP contribution in [0.5, 0.6) is 0 Å². The van der Waals surface area contributed by atoms with Crippen molar-refractivity contribution in [3.8, 4) is 0 Å². The van der Waals surface area contributed by atoms with Gasteiger partial charge in [-0.05, 0) is 32.3 Å². The van der Waals surface area contributed by atoms with E-state index in [0.717, 1.165) is 12.0 Å². The van der Waals surface area contributed by atoms with Crippen LogP contribution in [0.2, 0.25) is 0 Å². The standard InChI is InChI=1S/C14H19NO4/c1-3-19-12(16)9-10(2)15-13(14(17)18)11-7-5-4-6-8-11/h4-5,8-9,13,15H,3,6-7H2,1-2H3,(H,17,18)/b10-9-/t13-/m0/s1. The van der Waals surface area contributed by atoms with E-state index in [-0.39, 0.29) is 0 Å². The van der Waals surface area contributed by atoms with E-state index >= 15 is 0 Å². The fraction of sp³-hybridized carbons (Fsp3) is 0.429. The Morgan fingerprint density at radius 3 is 2.79 bits per heavy atom. The highest BCUT2D eigenvalue weighted by molar-refractivity contribution is 5.83. The maximum absolute atomic E-state index is 11.3. The summed E-state index contributed by atoms with van der Waals surface area (Å²) in [7, 11) is 0. The largest absolute Gasteiger partial charge is 0.479 e. The first-order valence-corrected chi connectivity index (χ1v) is 6.23. The molecule has 0 amide bonds. The lowest BCUT2D eigenvalue weighted by Crippen LogP contribution is -2.37. The van der Waals surface area contributed by atoms with Gasteiger partial charge in [-0.25, -0.2) is 9.59 Å². The van der Waals surface area contributed by atoms with E-state index < -0.39 is 18.0 Å². The highest BCUT2D eigenvalue weighted by atomic mass is 16.5. The van der Waals surface area contributed by atoms with Crippen LogP contribution in [-0.4, -0.2) is 29.7 Å². The molecule has 1 aliphatic carbocycles. The number of ether oxygens (including phenoxy) is 1. The minimum absolute atomic E-state index is 0.293. The Hall–Kier alpha value is -2.04. The molecule has 2 N–H and O–H groups in total. The molecule has 5 heteroatoms.